The number of methoxy groups -OCH3 is 1. The number of carbonyl (C=O) groups is 1. The molecule has 0 bridgehead atoms. The first-order chi connectivity index (χ1) is 8.11. The van der Waals surface area contributed by atoms with Crippen molar-refractivity contribution in [3.05, 3.63) is 0 Å². The van der Waals surface area contributed by atoms with Crippen LogP contribution in [0.5, 0.6) is 0 Å². The minimum atomic E-state index is -0.188. The predicted octanol–water partition coefficient (Wildman–Crippen LogP) is 3.52. The molecule has 0 radical (unpaired) electrons. The number of rotatable bonds is 7. The Bertz CT molecular complexity index is 254. The van der Waals surface area contributed by atoms with E-state index in [2.05, 4.69) is 46.9 Å². The first kappa shape index (κ1) is 17.4. The molecule has 3 nitrogen and oxygen atoms in total. The summed E-state index contributed by atoms with van der Waals surface area (Å²) in [5, 5.41) is 3.46. The molecule has 1 N–H and O–H groups in total. The van der Waals surface area contributed by atoms with Crippen molar-refractivity contribution in [2.75, 3.05) is 7.11 Å². The van der Waals surface area contributed by atoms with Gasteiger partial charge in [0, 0.05) is 5.54 Å². The lowest BCUT2D eigenvalue weighted by Gasteiger charge is -2.36. The second kappa shape index (κ2) is 7.13. The van der Waals surface area contributed by atoms with Gasteiger partial charge in [0.05, 0.1) is 7.11 Å². The maximum Gasteiger partial charge on any atom is 0.322 e. The van der Waals surface area contributed by atoms with E-state index in [0.29, 0.717) is 0 Å². The third-order valence-corrected chi connectivity index (χ3v) is 2.87. The Morgan fingerprint density at radius 2 is 1.78 bits per heavy atom. The summed E-state index contributed by atoms with van der Waals surface area (Å²) in [7, 11) is 1.46. The second-order valence-corrected chi connectivity index (χ2v) is 6.98. The average Bonchev–Trinajstić information content (AvgIpc) is 2.19. The topological polar surface area (TPSA) is 38.3 Å². The molecule has 0 aromatic rings. The first-order valence-electron chi connectivity index (χ1n) is 6.97. The van der Waals surface area contributed by atoms with Crippen molar-refractivity contribution in [2.45, 2.75) is 78.8 Å². The molecule has 1 atom stereocenters. The Balaban J connectivity index is 4.59. The van der Waals surface area contributed by atoms with E-state index in [4.69, 9.17) is 4.74 Å². The molecule has 1 unspecified atom stereocenters. The summed E-state index contributed by atoms with van der Waals surface area (Å²) in [6, 6.07) is -0.188. The Labute approximate surface area is 113 Å². The van der Waals surface area contributed by atoms with Crippen molar-refractivity contribution in [3.8, 4) is 0 Å². The lowest BCUT2D eigenvalue weighted by molar-refractivity contribution is -0.144. The molecule has 0 saturated heterocycles. The molecule has 0 heterocycles. The number of carbonyl (C=O) groups excluding carboxylic acids is 1. The number of hydrogen-bond acceptors (Lipinski definition) is 3. The van der Waals surface area contributed by atoms with Crippen LogP contribution in [0.25, 0.3) is 0 Å². The summed E-state index contributed by atoms with van der Waals surface area (Å²) >= 11 is 0. The van der Waals surface area contributed by atoms with Gasteiger partial charge in [0.2, 0.25) is 0 Å². The van der Waals surface area contributed by atoms with E-state index in [0.717, 1.165) is 25.7 Å². The molecule has 0 aromatic carbocycles. The largest absolute Gasteiger partial charge is 0.468 e. The molecule has 0 spiro atoms. The van der Waals surface area contributed by atoms with Crippen LogP contribution < -0.4 is 5.32 Å². The van der Waals surface area contributed by atoms with E-state index in [1.807, 2.05) is 0 Å². The fourth-order valence-electron chi connectivity index (χ4n) is 2.65. The predicted molar refractivity (Wildman–Crippen MR) is 76.6 cm³/mol. The van der Waals surface area contributed by atoms with E-state index in [-0.39, 0.29) is 23.0 Å². The van der Waals surface area contributed by atoms with Crippen LogP contribution in [0.2, 0.25) is 0 Å². The summed E-state index contributed by atoms with van der Waals surface area (Å²) < 4.78 is 4.88. The fraction of sp³-hybridized carbons (Fsp3) is 0.933. The van der Waals surface area contributed by atoms with Gasteiger partial charge in [0.1, 0.15) is 6.04 Å². The molecule has 0 fully saturated rings. The molecule has 0 aliphatic heterocycles. The summed E-state index contributed by atoms with van der Waals surface area (Å²) in [4.78, 5) is 11.8. The highest BCUT2D eigenvalue weighted by molar-refractivity contribution is 5.75. The molecule has 3 heteroatoms. The Kier molecular flexibility index (Phi) is 6.90. The van der Waals surface area contributed by atoms with Gasteiger partial charge in [0.25, 0.3) is 0 Å². The van der Waals surface area contributed by atoms with Crippen LogP contribution in [-0.2, 0) is 9.53 Å². The molecule has 0 aromatic heterocycles. The maximum absolute atomic E-state index is 11.8. The first-order valence-corrected chi connectivity index (χ1v) is 6.97. The van der Waals surface area contributed by atoms with Crippen molar-refractivity contribution in [3.63, 3.8) is 0 Å². The average molecular weight is 257 g/mol. The van der Waals surface area contributed by atoms with Gasteiger partial charge < -0.3 is 4.74 Å². The number of esters is 1. The summed E-state index contributed by atoms with van der Waals surface area (Å²) in [5.41, 5.74) is 0.173. The highest BCUT2D eigenvalue weighted by atomic mass is 16.5. The normalized spacial score (nSPS) is 14.4. The number of hydrogen-bond donors (Lipinski definition) is 1. The molecule has 0 aliphatic carbocycles. The SMILES string of the molecule is CCCCC(NC(C)(C)CC(C)(C)C)C(=O)OC. The minimum Gasteiger partial charge on any atom is -0.468 e. The lowest BCUT2D eigenvalue weighted by atomic mass is 9.81. The highest BCUT2D eigenvalue weighted by Gasteiger charge is 2.30. The fourth-order valence-corrected chi connectivity index (χ4v) is 2.65. The highest BCUT2D eigenvalue weighted by Crippen LogP contribution is 2.27. The molecular formula is C15H31NO2. The molecule has 0 saturated carbocycles. The second-order valence-electron chi connectivity index (χ2n) is 6.98. The number of ether oxygens (including phenoxy) is 1. The Morgan fingerprint density at radius 3 is 2.17 bits per heavy atom. The standard InChI is InChI=1S/C15H31NO2/c1-8-9-10-12(13(17)18-7)16-15(5,6)11-14(2,3)4/h12,16H,8-11H2,1-7H3. The zero-order valence-corrected chi connectivity index (χ0v) is 13.2. The van der Waals surface area contributed by atoms with Gasteiger partial charge in [-0.05, 0) is 32.1 Å². The van der Waals surface area contributed by atoms with Crippen molar-refractivity contribution < 1.29 is 9.53 Å². The maximum atomic E-state index is 11.8. The van der Waals surface area contributed by atoms with Gasteiger partial charge in [-0.15, -0.1) is 0 Å². The van der Waals surface area contributed by atoms with E-state index in [9.17, 15) is 4.79 Å². The van der Waals surface area contributed by atoms with Crippen LogP contribution in [-0.4, -0.2) is 24.7 Å². The lowest BCUT2D eigenvalue weighted by Crippen LogP contribution is -2.51. The quantitative estimate of drug-likeness (QED) is 0.709. The van der Waals surface area contributed by atoms with Gasteiger partial charge in [-0.2, -0.15) is 0 Å². The molecule has 108 valence electrons. The van der Waals surface area contributed by atoms with Crippen molar-refractivity contribution in [1.29, 1.82) is 0 Å². The smallest absolute Gasteiger partial charge is 0.322 e. The molecular weight excluding hydrogens is 226 g/mol. The van der Waals surface area contributed by atoms with E-state index >= 15 is 0 Å². The summed E-state index contributed by atoms with van der Waals surface area (Å²) in [5.74, 6) is -0.148. The number of unbranched alkanes of at least 4 members (excludes halogenated alkanes) is 1. The Morgan fingerprint density at radius 1 is 1.22 bits per heavy atom. The van der Waals surface area contributed by atoms with Gasteiger partial charge in [-0.25, -0.2) is 0 Å². The molecule has 0 aliphatic rings. The molecule has 0 amide bonds. The van der Waals surface area contributed by atoms with Crippen LogP contribution in [0, 0.1) is 5.41 Å². The van der Waals surface area contributed by atoms with Crippen LogP contribution in [0.4, 0.5) is 0 Å². The van der Waals surface area contributed by atoms with Gasteiger partial charge in [0.15, 0.2) is 0 Å². The van der Waals surface area contributed by atoms with Crippen LogP contribution >= 0.6 is 0 Å². The summed E-state index contributed by atoms with van der Waals surface area (Å²) in [6.07, 6.45) is 3.99. The van der Waals surface area contributed by atoms with Crippen molar-refractivity contribution in [1.82, 2.24) is 5.32 Å². The van der Waals surface area contributed by atoms with E-state index in [1.54, 1.807) is 0 Å². The van der Waals surface area contributed by atoms with E-state index < -0.39 is 0 Å². The van der Waals surface area contributed by atoms with Gasteiger partial charge in [-0.3, -0.25) is 10.1 Å². The third-order valence-electron chi connectivity index (χ3n) is 2.87. The monoisotopic (exact) mass is 257 g/mol. The molecule has 18 heavy (non-hydrogen) atoms. The molecule has 0 rings (SSSR count). The zero-order chi connectivity index (χ0) is 14.4. The van der Waals surface area contributed by atoms with Crippen LogP contribution in [0.1, 0.15) is 67.2 Å². The van der Waals surface area contributed by atoms with Crippen LogP contribution in [0.15, 0.2) is 0 Å². The minimum absolute atomic E-state index is 0.0646. The van der Waals surface area contributed by atoms with Crippen molar-refractivity contribution in [2.24, 2.45) is 5.41 Å². The Hall–Kier alpha value is -0.570. The number of nitrogens with one attached hydrogen (secondary N) is 1. The van der Waals surface area contributed by atoms with Crippen molar-refractivity contribution >= 4 is 5.97 Å². The van der Waals surface area contributed by atoms with Crippen LogP contribution in [0.3, 0.4) is 0 Å². The summed E-state index contributed by atoms with van der Waals surface area (Å²) in [6.45, 7) is 13.1. The zero-order valence-electron chi connectivity index (χ0n) is 13.2. The van der Waals surface area contributed by atoms with E-state index in [1.165, 1.54) is 7.11 Å². The van der Waals surface area contributed by atoms with Gasteiger partial charge >= 0.3 is 5.97 Å². The third kappa shape index (κ3) is 7.70. The van der Waals surface area contributed by atoms with Gasteiger partial charge in [-0.1, -0.05) is 40.5 Å².